The zero-order valence-corrected chi connectivity index (χ0v) is 17.3. The average Bonchev–Trinajstić information content (AvgIpc) is 3.15. The van der Waals surface area contributed by atoms with Gasteiger partial charge in [0.25, 0.3) is 0 Å². The van der Waals surface area contributed by atoms with E-state index < -0.39 is 5.82 Å². The third-order valence-corrected chi connectivity index (χ3v) is 5.19. The SMILES string of the molecule is Cn1cc(CCc2cc(Cl)c3ncc(C#N)c(Nc4ccc(F)c(Cl)c4)c3c2)nn1. The summed E-state index contributed by atoms with van der Waals surface area (Å²) in [6, 6.07) is 10.2. The second kappa shape index (κ2) is 8.27. The Bertz CT molecular complexity index is 1290. The van der Waals surface area contributed by atoms with Crippen molar-refractivity contribution in [1.29, 1.82) is 5.26 Å². The van der Waals surface area contributed by atoms with E-state index in [0.717, 1.165) is 11.3 Å². The molecule has 0 unspecified atom stereocenters. The third kappa shape index (κ3) is 4.06. The Hall–Kier alpha value is -3.21. The molecule has 4 aromatic rings. The molecular formula is C21H15Cl2FN6. The quantitative estimate of drug-likeness (QED) is 0.460. The number of nitriles is 1. The molecule has 4 rings (SSSR count). The Labute approximate surface area is 181 Å². The predicted octanol–water partition coefficient (Wildman–Crippen LogP) is 5.21. The maximum absolute atomic E-state index is 13.5. The smallest absolute Gasteiger partial charge is 0.141 e. The summed E-state index contributed by atoms with van der Waals surface area (Å²) in [4.78, 5) is 4.34. The van der Waals surface area contributed by atoms with Crippen LogP contribution in [0, 0.1) is 17.1 Å². The number of benzene rings is 2. The van der Waals surface area contributed by atoms with Crippen LogP contribution in [0.4, 0.5) is 15.8 Å². The number of halogens is 3. The van der Waals surface area contributed by atoms with Crippen LogP contribution in [0.5, 0.6) is 0 Å². The van der Waals surface area contributed by atoms with E-state index in [0.29, 0.717) is 45.7 Å². The van der Waals surface area contributed by atoms with Gasteiger partial charge in [-0.1, -0.05) is 28.4 Å². The fourth-order valence-electron chi connectivity index (χ4n) is 3.18. The number of hydrogen-bond acceptors (Lipinski definition) is 5. The summed E-state index contributed by atoms with van der Waals surface area (Å²) in [5, 5.41) is 21.9. The third-order valence-electron chi connectivity index (χ3n) is 4.61. The number of nitrogens with zero attached hydrogens (tertiary/aromatic N) is 5. The standard InChI is InChI=1S/C21H15Cl2FN6/c1-30-11-15(28-29-30)3-2-12-6-16-20(27-14-4-5-19(24)17(22)8-14)13(9-25)10-26-21(16)18(23)7-12/h4-8,10-11H,2-3H2,1H3,(H,26,27). The molecule has 1 N–H and O–H groups in total. The van der Waals surface area contributed by atoms with Crippen LogP contribution in [0.15, 0.2) is 42.7 Å². The zero-order chi connectivity index (χ0) is 21.3. The molecule has 150 valence electrons. The van der Waals surface area contributed by atoms with E-state index in [4.69, 9.17) is 23.2 Å². The molecule has 0 aliphatic carbocycles. The number of hydrogen-bond donors (Lipinski definition) is 1. The first-order chi connectivity index (χ1) is 14.4. The lowest BCUT2D eigenvalue weighted by Gasteiger charge is -2.14. The van der Waals surface area contributed by atoms with Gasteiger partial charge in [0.05, 0.1) is 32.5 Å². The Balaban J connectivity index is 1.75. The first kappa shape index (κ1) is 20.1. The van der Waals surface area contributed by atoms with Crippen LogP contribution in [-0.4, -0.2) is 20.0 Å². The molecule has 0 aliphatic heterocycles. The van der Waals surface area contributed by atoms with Crippen molar-refractivity contribution >= 4 is 45.5 Å². The van der Waals surface area contributed by atoms with Gasteiger partial charge in [-0.15, -0.1) is 5.10 Å². The summed E-state index contributed by atoms with van der Waals surface area (Å²) in [7, 11) is 1.82. The molecule has 0 spiro atoms. The maximum atomic E-state index is 13.5. The van der Waals surface area contributed by atoms with E-state index in [1.165, 1.54) is 18.3 Å². The van der Waals surface area contributed by atoms with Crippen molar-refractivity contribution < 1.29 is 4.39 Å². The summed E-state index contributed by atoms with van der Waals surface area (Å²) in [6.07, 6.45) is 4.70. The van der Waals surface area contributed by atoms with Crippen molar-refractivity contribution in [3.05, 3.63) is 75.4 Å². The lowest BCUT2D eigenvalue weighted by atomic mass is 10.0. The van der Waals surface area contributed by atoms with Crippen LogP contribution in [0.2, 0.25) is 10.0 Å². The monoisotopic (exact) mass is 440 g/mol. The number of anilines is 2. The van der Waals surface area contributed by atoms with Crippen LogP contribution < -0.4 is 5.32 Å². The topological polar surface area (TPSA) is 79.4 Å². The second-order valence-corrected chi connectivity index (χ2v) is 7.58. The van der Waals surface area contributed by atoms with Crippen LogP contribution >= 0.6 is 23.2 Å². The molecule has 0 saturated heterocycles. The van der Waals surface area contributed by atoms with Gasteiger partial charge in [0.1, 0.15) is 11.9 Å². The van der Waals surface area contributed by atoms with Crippen LogP contribution in [0.25, 0.3) is 10.9 Å². The lowest BCUT2D eigenvalue weighted by Crippen LogP contribution is -1.99. The van der Waals surface area contributed by atoms with Crippen molar-refractivity contribution in [1.82, 2.24) is 20.0 Å². The second-order valence-electron chi connectivity index (χ2n) is 6.77. The first-order valence-corrected chi connectivity index (χ1v) is 9.78. The minimum Gasteiger partial charge on any atom is -0.354 e. The fraction of sp³-hybridized carbons (Fsp3) is 0.143. The number of rotatable bonds is 5. The van der Waals surface area contributed by atoms with Crippen molar-refractivity contribution in [2.45, 2.75) is 12.8 Å². The Morgan fingerprint density at radius 1 is 1.17 bits per heavy atom. The summed E-state index contributed by atoms with van der Waals surface area (Å²) >= 11 is 12.4. The van der Waals surface area contributed by atoms with Gasteiger partial charge in [-0.05, 0) is 48.7 Å². The Morgan fingerprint density at radius 2 is 2.00 bits per heavy atom. The molecular weight excluding hydrogens is 426 g/mol. The van der Waals surface area contributed by atoms with Crippen LogP contribution in [0.3, 0.4) is 0 Å². The average molecular weight is 441 g/mol. The highest BCUT2D eigenvalue weighted by Gasteiger charge is 2.14. The van der Waals surface area contributed by atoms with Gasteiger partial charge in [-0.25, -0.2) is 4.39 Å². The predicted molar refractivity (Wildman–Crippen MR) is 115 cm³/mol. The van der Waals surface area contributed by atoms with E-state index in [2.05, 4.69) is 26.7 Å². The van der Waals surface area contributed by atoms with Gasteiger partial charge < -0.3 is 5.32 Å². The molecule has 2 heterocycles. The molecule has 9 heteroatoms. The van der Waals surface area contributed by atoms with Gasteiger partial charge in [0, 0.05) is 30.5 Å². The number of aryl methyl sites for hydroxylation is 3. The number of pyridine rings is 1. The molecule has 0 amide bonds. The number of fused-ring (bicyclic) bond motifs is 1. The van der Waals surface area contributed by atoms with Crippen LogP contribution in [-0.2, 0) is 19.9 Å². The summed E-state index contributed by atoms with van der Waals surface area (Å²) in [5.41, 5.74) is 3.83. The van der Waals surface area contributed by atoms with Crippen molar-refractivity contribution in [2.24, 2.45) is 7.05 Å². The van der Waals surface area contributed by atoms with Gasteiger partial charge in [0.15, 0.2) is 0 Å². The Morgan fingerprint density at radius 3 is 2.70 bits per heavy atom. The van der Waals surface area contributed by atoms with E-state index >= 15 is 0 Å². The van der Waals surface area contributed by atoms with E-state index in [1.54, 1.807) is 10.7 Å². The summed E-state index contributed by atoms with van der Waals surface area (Å²) in [6.45, 7) is 0. The van der Waals surface area contributed by atoms with E-state index in [9.17, 15) is 9.65 Å². The van der Waals surface area contributed by atoms with Crippen molar-refractivity contribution in [3.8, 4) is 6.07 Å². The summed E-state index contributed by atoms with van der Waals surface area (Å²) in [5.74, 6) is -0.517. The Kier molecular flexibility index (Phi) is 5.53. The molecule has 2 aromatic carbocycles. The van der Waals surface area contributed by atoms with Gasteiger partial charge in [-0.3, -0.25) is 9.67 Å². The molecule has 6 nitrogen and oxygen atoms in total. The molecule has 0 fully saturated rings. The van der Waals surface area contributed by atoms with E-state index in [1.807, 2.05) is 25.4 Å². The molecule has 0 bridgehead atoms. The minimum atomic E-state index is -0.517. The molecule has 30 heavy (non-hydrogen) atoms. The number of nitrogens with one attached hydrogen (secondary N) is 1. The van der Waals surface area contributed by atoms with Crippen molar-refractivity contribution in [2.75, 3.05) is 5.32 Å². The highest BCUT2D eigenvalue weighted by molar-refractivity contribution is 6.35. The molecule has 0 aliphatic rings. The highest BCUT2D eigenvalue weighted by atomic mass is 35.5. The highest BCUT2D eigenvalue weighted by Crippen LogP contribution is 2.34. The fourth-order valence-corrected chi connectivity index (χ4v) is 3.65. The number of aromatic nitrogens is 4. The van der Waals surface area contributed by atoms with Crippen molar-refractivity contribution in [3.63, 3.8) is 0 Å². The first-order valence-electron chi connectivity index (χ1n) is 9.03. The molecule has 2 aromatic heterocycles. The maximum Gasteiger partial charge on any atom is 0.141 e. The van der Waals surface area contributed by atoms with Gasteiger partial charge in [0.2, 0.25) is 0 Å². The molecule has 0 saturated carbocycles. The summed E-state index contributed by atoms with van der Waals surface area (Å²) < 4.78 is 15.2. The van der Waals surface area contributed by atoms with E-state index in [-0.39, 0.29) is 5.02 Å². The molecule has 0 atom stereocenters. The minimum absolute atomic E-state index is 0.0143. The van der Waals surface area contributed by atoms with Gasteiger partial charge in [-0.2, -0.15) is 5.26 Å². The molecule has 0 radical (unpaired) electrons. The largest absolute Gasteiger partial charge is 0.354 e. The zero-order valence-electron chi connectivity index (χ0n) is 15.8. The van der Waals surface area contributed by atoms with Crippen LogP contribution in [0.1, 0.15) is 16.8 Å². The normalized spacial score (nSPS) is 10.9. The van der Waals surface area contributed by atoms with Gasteiger partial charge >= 0.3 is 0 Å². The lowest BCUT2D eigenvalue weighted by molar-refractivity contribution is 0.628.